The summed E-state index contributed by atoms with van der Waals surface area (Å²) in [6, 6.07) is 7.75. The third-order valence-corrected chi connectivity index (χ3v) is 5.93. The molecule has 1 aromatic carbocycles. The number of hydrogen-bond acceptors (Lipinski definition) is 4. The number of carbonyl (C=O) groups excluding carboxylic acids is 1. The Hall–Kier alpha value is -1.53. The number of piperidine rings is 3. The summed E-state index contributed by atoms with van der Waals surface area (Å²) in [5.41, 5.74) is 1.37. The molecule has 0 radical (unpaired) electrons. The number of halogens is 1. The summed E-state index contributed by atoms with van der Waals surface area (Å²) >= 11 is 3.35. The zero-order valence-electron chi connectivity index (χ0n) is 12.6. The van der Waals surface area contributed by atoms with Crippen LogP contribution in [0.5, 0.6) is 0 Å². The molecule has 0 unspecified atom stereocenters. The van der Waals surface area contributed by atoms with Gasteiger partial charge >= 0.3 is 6.09 Å². The summed E-state index contributed by atoms with van der Waals surface area (Å²) in [6.07, 6.45) is 2.05. The van der Waals surface area contributed by atoms with E-state index in [4.69, 9.17) is 9.15 Å². The molecule has 4 fully saturated rings. The molecule has 2 bridgehead atoms. The predicted octanol–water partition coefficient (Wildman–Crippen LogP) is 3.62. The van der Waals surface area contributed by atoms with E-state index in [2.05, 4.69) is 20.8 Å². The molecule has 4 aliphatic heterocycles. The van der Waals surface area contributed by atoms with Gasteiger partial charge in [-0.15, -0.1) is 0 Å². The van der Waals surface area contributed by atoms with E-state index in [-0.39, 0.29) is 11.7 Å². The van der Waals surface area contributed by atoms with E-state index < -0.39 is 0 Å². The van der Waals surface area contributed by atoms with Crippen molar-refractivity contribution in [2.45, 2.75) is 18.4 Å². The van der Waals surface area contributed by atoms with Crippen molar-refractivity contribution in [3.8, 4) is 0 Å². The van der Waals surface area contributed by atoms with Crippen molar-refractivity contribution in [1.82, 2.24) is 4.90 Å². The summed E-state index contributed by atoms with van der Waals surface area (Å²) in [7, 11) is 0. The van der Waals surface area contributed by atoms with Gasteiger partial charge in [0.2, 0.25) is 0 Å². The van der Waals surface area contributed by atoms with Crippen molar-refractivity contribution in [3.63, 3.8) is 0 Å². The fraction of sp³-hybridized carbons (Fsp3) is 0.471. The Morgan fingerprint density at radius 1 is 1.17 bits per heavy atom. The van der Waals surface area contributed by atoms with Gasteiger partial charge in [-0.25, -0.2) is 4.79 Å². The minimum atomic E-state index is -0.320. The highest BCUT2D eigenvalue weighted by molar-refractivity contribution is 9.10. The van der Waals surface area contributed by atoms with E-state index in [0.717, 1.165) is 49.1 Å². The van der Waals surface area contributed by atoms with Crippen LogP contribution in [0.1, 0.15) is 12.8 Å². The van der Waals surface area contributed by atoms with Gasteiger partial charge in [0, 0.05) is 23.5 Å². The minimum absolute atomic E-state index is 0.222. The summed E-state index contributed by atoms with van der Waals surface area (Å²) in [6.45, 7) is 3.80. The molecule has 0 saturated carbocycles. The molecule has 5 heterocycles. The predicted molar refractivity (Wildman–Crippen MR) is 89.6 cm³/mol. The molecule has 6 heteroatoms. The van der Waals surface area contributed by atoms with Crippen LogP contribution < -0.4 is 4.90 Å². The van der Waals surface area contributed by atoms with Crippen molar-refractivity contribution in [1.29, 1.82) is 0 Å². The highest BCUT2D eigenvalue weighted by Crippen LogP contribution is 2.43. The van der Waals surface area contributed by atoms with E-state index in [0.29, 0.717) is 17.1 Å². The molecule has 1 spiro atoms. The van der Waals surface area contributed by atoms with Gasteiger partial charge in [0.05, 0.1) is 6.54 Å². The Morgan fingerprint density at radius 2 is 2.00 bits per heavy atom. The maximum Gasteiger partial charge on any atom is 0.415 e. The fourth-order valence-corrected chi connectivity index (χ4v) is 4.80. The van der Waals surface area contributed by atoms with Gasteiger partial charge in [0.25, 0.3) is 0 Å². The van der Waals surface area contributed by atoms with Crippen LogP contribution >= 0.6 is 15.9 Å². The van der Waals surface area contributed by atoms with Crippen LogP contribution in [0.15, 0.2) is 33.4 Å². The molecule has 5 nitrogen and oxygen atoms in total. The summed E-state index contributed by atoms with van der Waals surface area (Å²) < 4.78 is 12.2. The number of rotatable bonds is 1. The van der Waals surface area contributed by atoms with E-state index in [1.54, 1.807) is 4.90 Å². The molecule has 120 valence electrons. The van der Waals surface area contributed by atoms with Gasteiger partial charge < -0.3 is 9.15 Å². The number of benzene rings is 1. The van der Waals surface area contributed by atoms with Gasteiger partial charge in [0.15, 0.2) is 4.67 Å². The SMILES string of the molecule is O=C1O[C@]2(CN3CCC2CC3)CN1c1ccc2oc(Br)cc2c1. The van der Waals surface area contributed by atoms with Crippen molar-refractivity contribution >= 4 is 38.7 Å². The van der Waals surface area contributed by atoms with Crippen LogP contribution in [0.3, 0.4) is 0 Å². The van der Waals surface area contributed by atoms with Crippen LogP contribution in [0, 0.1) is 5.92 Å². The van der Waals surface area contributed by atoms with Crippen molar-refractivity contribution in [3.05, 3.63) is 28.9 Å². The molecular weight excluding hydrogens is 360 g/mol. The average Bonchev–Trinajstić information content (AvgIpc) is 3.07. The lowest BCUT2D eigenvalue weighted by atomic mass is 9.75. The number of hydrogen-bond donors (Lipinski definition) is 0. The van der Waals surface area contributed by atoms with Crippen LogP contribution in [0.4, 0.5) is 10.5 Å². The first-order valence-electron chi connectivity index (χ1n) is 8.05. The number of fused-ring (bicyclic) bond motifs is 3. The smallest absolute Gasteiger partial charge is 0.415 e. The molecule has 1 aromatic heterocycles. The first-order valence-corrected chi connectivity index (χ1v) is 8.84. The highest BCUT2D eigenvalue weighted by atomic mass is 79.9. The molecule has 0 aliphatic carbocycles. The number of furan rings is 1. The Bertz CT molecular complexity index is 796. The van der Waals surface area contributed by atoms with Crippen molar-refractivity contribution in [2.75, 3.05) is 31.1 Å². The van der Waals surface area contributed by atoms with E-state index in [1.165, 1.54) is 0 Å². The second kappa shape index (κ2) is 4.74. The molecule has 4 saturated heterocycles. The molecule has 2 aromatic rings. The summed E-state index contributed by atoms with van der Waals surface area (Å²) in [5.74, 6) is 0.494. The Kier molecular flexibility index (Phi) is 2.86. The lowest BCUT2D eigenvalue weighted by Gasteiger charge is -2.49. The van der Waals surface area contributed by atoms with E-state index in [9.17, 15) is 4.79 Å². The number of anilines is 1. The maximum absolute atomic E-state index is 12.5. The first-order chi connectivity index (χ1) is 11.1. The molecule has 6 rings (SSSR count). The minimum Gasteiger partial charge on any atom is -0.449 e. The van der Waals surface area contributed by atoms with Crippen molar-refractivity contribution in [2.24, 2.45) is 5.92 Å². The normalized spacial score (nSPS) is 32.9. The zero-order chi connectivity index (χ0) is 15.6. The van der Waals surface area contributed by atoms with Gasteiger partial charge in [0.1, 0.15) is 11.2 Å². The summed E-state index contributed by atoms with van der Waals surface area (Å²) in [5, 5.41) is 0.983. The molecule has 1 amide bonds. The summed E-state index contributed by atoms with van der Waals surface area (Å²) in [4.78, 5) is 16.7. The second-order valence-corrected chi connectivity index (χ2v) is 7.62. The van der Waals surface area contributed by atoms with Crippen LogP contribution in [0.25, 0.3) is 11.0 Å². The molecule has 0 N–H and O–H groups in total. The van der Waals surface area contributed by atoms with E-state index >= 15 is 0 Å². The zero-order valence-corrected chi connectivity index (χ0v) is 14.2. The number of carbonyl (C=O) groups is 1. The van der Waals surface area contributed by atoms with Gasteiger partial charge in [-0.2, -0.15) is 0 Å². The third-order valence-electron chi connectivity index (χ3n) is 5.54. The molecule has 1 atom stereocenters. The Morgan fingerprint density at radius 3 is 2.74 bits per heavy atom. The van der Waals surface area contributed by atoms with Crippen molar-refractivity contribution < 1.29 is 13.9 Å². The third kappa shape index (κ3) is 2.04. The topological polar surface area (TPSA) is 45.9 Å². The standard InChI is InChI=1S/C17H17BrN2O3/c18-15-8-11-7-13(1-2-14(11)22-15)20-10-17(23-16(20)21)9-19-5-3-12(17)4-6-19/h1-2,7-8,12H,3-6,9-10H2/t17-/m1/s1. The van der Waals surface area contributed by atoms with Crippen LogP contribution in [-0.2, 0) is 4.74 Å². The monoisotopic (exact) mass is 376 g/mol. The Labute approximate surface area is 142 Å². The Balaban J connectivity index is 1.49. The number of nitrogens with zero attached hydrogens (tertiary/aromatic N) is 2. The maximum atomic E-state index is 12.5. The molecule has 23 heavy (non-hydrogen) atoms. The molecular formula is C17H17BrN2O3. The van der Waals surface area contributed by atoms with Crippen LogP contribution in [0.2, 0.25) is 0 Å². The lowest BCUT2D eigenvalue weighted by molar-refractivity contribution is -0.0881. The first kappa shape index (κ1) is 13.9. The molecule has 4 aliphatic rings. The van der Waals surface area contributed by atoms with Crippen LogP contribution in [-0.4, -0.2) is 42.8 Å². The fourth-order valence-electron chi connectivity index (χ4n) is 4.38. The van der Waals surface area contributed by atoms with Gasteiger partial charge in [-0.1, -0.05) is 0 Å². The van der Waals surface area contributed by atoms with Gasteiger partial charge in [-0.05, 0) is 66.1 Å². The average molecular weight is 377 g/mol. The highest BCUT2D eigenvalue weighted by Gasteiger charge is 2.55. The second-order valence-electron chi connectivity index (χ2n) is 6.84. The van der Waals surface area contributed by atoms with E-state index in [1.807, 2.05) is 24.3 Å². The number of amides is 1. The lowest BCUT2D eigenvalue weighted by Crippen LogP contribution is -2.61. The number of ether oxygens (including phenoxy) is 1. The largest absolute Gasteiger partial charge is 0.449 e. The van der Waals surface area contributed by atoms with Gasteiger partial charge in [-0.3, -0.25) is 9.80 Å². The quantitative estimate of drug-likeness (QED) is 0.762.